The zero-order valence-electron chi connectivity index (χ0n) is 17.3. The van der Waals surface area contributed by atoms with Crippen LogP contribution < -0.4 is 24.8 Å². The molecule has 2 N–H and O–H groups in total. The lowest BCUT2D eigenvalue weighted by Gasteiger charge is -2.29. The van der Waals surface area contributed by atoms with E-state index < -0.39 is 18.0 Å². The van der Waals surface area contributed by atoms with Gasteiger partial charge in [0.25, 0.3) is 0 Å². The number of carbonyl (C=O) groups is 2. The number of nitrogens with one attached hydrogen (secondary N) is 2. The number of rotatable bonds is 7. The van der Waals surface area contributed by atoms with Crippen molar-refractivity contribution in [1.29, 1.82) is 0 Å². The molecule has 0 saturated carbocycles. The molecule has 1 heterocycles. The third-order valence-corrected chi connectivity index (χ3v) is 4.75. The molecular weight excluding hydrogens is 388 g/mol. The number of urea groups is 1. The van der Waals surface area contributed by atoms with Crippen molar-refractivity contribution in [2.45, 2.75) is 19.6 Å². The van der Waals surface area contributed by atoms with Crippen LogP contribution in [0.3, 0.4) is 0 Å². The van der Waals surface area contributed by atoms with E-state index in [9.17, 15) is 9.59 Å². The lowest BCUT2D eigenvalue weighted by atomic mass is 9.94. The van der Waals surface area contributed by atoms with Crippen molar-refractivity contribution in [3.63, 3.8) is 0 Å². The van der Waals surface area contributed by atoms with Crippen molar-refractivity contribution in [2.24, 2.45) is 0 Å². The van der Waals surface area contributed by atoms with Gasteiger partial charge in [0.1, 0.15) is 12.4 Å². The molecule has 30 heavy (non-hydrogen) atoms. The van der Waals surface area contributed by atoms with Crippen molar-refractivity contribution in [1.82, 2.24) is 10.6 Å². The second-order valence-corrected chi connectivity index (χ2v) is 6.58. The SMILES string of the molecule is COc1cc(OC)c(C2NC(=O)NC(C)=C2C(=O)OCc2ccccc2)cc1OC. The fourth-order valence-corrected chi connectivity index (χ4v) is 3.28. The number of amides is 2. The van der Waals surface area contributed by atoms with Gasteiger partial charge in [-0.1, -0.05) is 30.3 Å². The van der Waals surface area contributed by atoms with E-state index in [0.717, 1.165) is 5.56 Å². The first-order valence-corrected chi connectivity index (χ1v) is 9.27. The van der Waals surface area contributed by atoms with Gasteiger partial charge in [-0.3, -0.25) is 0 Å². The number of carbonyl (C=O) groups excluding carboxylic acids is 2. The molecule has 1 atom stereocenters. The Morgan fingerprint density at radius 2 is 1.60 bits per heavy atom. The highest BCUT2D eigenvalue weighted by Crippen LogP contribution is 2.40. The maximum atomic E-state index is 13.0. The molecule has 2 aromatic rings. The molecule has 0 saturated heterocycles. The van der Waals surface area contributed by atoms with Crippen molar-refractivity contribution in [3.05, 3.63) is 64.9 Å². The summed E-state index contributed by atoms with van der Waals surface area (Å²) < 4.78 is 21.7. The van der Waals surface area contributed by atoms with Crippen molar-refractivity contribution < 1.29 is 28.5 Å². The molecule has 0 bridgehead atoms. The highest BCUT2D eigenvalue weighted by atomic mass is 16.5. The minimum Gasteiger partial charge on any atom is -0.496 e. The van der Waals surface area contributed by atoms with Crippen LogP contribution in [0.25, 0.3) is 0 Å². The summed E-state index contributed by atoms with van der Waals surface area (Å²) in [6.07, 6.45) is 0. The van der Waals surface area contributed by atoms with Crippen molar-refractivity contribution >= 4 is 12.0 Å². The molecule has 1 aliphatic rings. The smallest absolute Gasteiger partial charge is 0.338 e. The van der Waals surface area contributed by atoms with Gasteiger partial charge in [0.05, 0.1) is 32.9 Å². The van der Waals surface area contributed by atoms with Gasteiger partial charge < -0.3 is 29.6 Å². The first-order chi connectivity index (χ1) is 14.5. The van der Waals surface area contributed by atoms with Gasteiger partial charge in [-0.25, -0.2) is 9.59 Å². The summed E-state index contributed by atoms with van der Waals surface area (Å²) in [6, 6.07) is 11.4. The third kappa shape index (κ3) is 4.32. The maximum absolute atomic E-state index is 13.0. The Morgan fingerprint density at radius 1 is 0.967 bits per heavy atom. The highest BCUT2D eigenvalue weighted by molar-refractivity contribution is 5.95. The van der Waals surface area contributed by atoms with E-state index in [1.807, 2.05) is 30.3 Å². The minimum absolute atomic E-state index is 0.111. The second-order valence-electron chi connectivity index (χ2n) is 6.58. The van der Waals surface area contributed by atoms with Gasteiger partial charge >= 0.3 is 12.0 Å². The van der Waals surface area contributed by atoms with Crippen LogP contribution in [0.1, 0.15) is 24.1 Å². The first-order valence-electron chi connectivity index (χ1n) is 9.27. The van der Waals surface area contributed by atoms with E-state index >= 15 is 0 Å². The summed E-state index contributed by atoms with van der Waals surface area (Å²) in [5.41, 5.74) is 2.07. The molecule has 0 spiro atoms. The average molecular weight is 412 g/mol. The van der Waals surface area contributed by atoms with E-state index in [0.29, 0.717) is 28.5 Å². The predicted octanol–water partition coefficient (Wildman–Crippen LogP) is 3.08. The Kier molecular flexibility index (Phi) is 6.46. The topological polar surface area (TPSA) is 95.1 Å². The zero-order chi connectivity index (χ0) is 21.7. The summed E-state index contributed by atoms with van der Waals surface area (Å²) >= 11 is 0. The van der Waals surface area contributed by atoms with Crippen LogP contribution in [0, 0.1) is 0 Å². The Balaban J connectivity index is 1.98. The highest BCUT2D eigenvalue weighted by Gasteiger charge is 2.34. The molecule has 158 valence electrons. The zero-order valence-corrected chi connectivity index (χ0v) is 17.3. The number of esters is 1. The average Bonchev–Trinajstić information content (AvgIpc) is 2.76. The molecule has 8 nitrogen and oxygen atoms in total. The van der Waals surface area contributed by atoms with Gasteiger partial charge in [0, 0.05) is 17.3 Å². The summed E-state index contributed by atoms with van der Waals surface area (Å²) in [5.74, 6) is 0.787. The molecule has 2 amide bonds. The van der Waals surface area contributed by atoms with Gasteiger partial charge in [-0.2, -0.15) is 0 Å². The number of hydrogen-bond acceptors (Lipinski definition) is 6. The van der Waals surface area contributed by atoms with Gasteiger partial charge in [-0.05, 0) is 18.6 Å². The normalized spacial score (nSPS) is 15.7. The molecule has 3 rings (SSSR count). The van der Waals surface area contributed by atoms with Crippen LogP contribution in [0.4, 0.5) is 4.79 Å². The Bertz CT molecular complexity index is 971. The van der Waals surface area contributed by atoms with Crippen molar-refractivity contribution in [3.8, 4) is 17.2 Å². The molecule has 1 unspecified atom stereocenters. The van der Waals surface area contributed by atoms with E-state index in [4.69, 9.17) is 18.9 Å². The molecule has 0 aliphatic carbocycles. The van der Waals surface area contributed by atoms with Crippen molar-refractivity contribution in [2.75, 3.05) is 21.3 Å². The maximum Gasteiger partial charge on any atom is 0.338 e. The quantitative estimate of drug-likeness (QED) is 0.679. The fraction of sp³-hybridized carbons (Fsp3) is 0.273. The number of ether oxygens (including phenoxy) is 4. The van der Waals surface area contributed by atoms with E-state index in [1.165, 1.54) is 21.3 Å². The molecule has 2 aromatic carbocycles. The Labute approximate surface area is 174 Å². The summed E-state index contributed by atoms with van der Waals surface area (Å²) in [4.78, 5) is 25.2. The number of benzene rings is 2. The molecule has 8 heteroatoms. The first kappa shape index (κ1) is 21.0. The van der Waals surface area contributed by atoms with E-state index in [1.54, 1.807) is 19.1 Å². The lowest BCUT2D eigenvalue weighted by Crippen LogP contribution is -2.45. The Hall–Kier alpha value is -3.68. The largest absolute Gasteiger partial charge is 0.496 e. The van der Waals surface area contributed by atoms with Crippen LogP contribution in [-0.2, 0) is 16.1 Å². The van der Waals surface area contributed by atoms with Gasteiger partial charge in [0.2, 0.25) is 0 Å². The second kappa shape index (κ2) is 9.21. The van der Waals surface area contributed by atoms with E-state index in [-0.39, 0.29) is 12.2 Å². The molecule has 0 radical (unpaired) electrons. The minimum atomic E-state index is -0.795. The third-order valence-electron chi connectivity index (χ3n) is 4.75. The number of methoxy groups -OCH3 is 3. The molecule has 0 aromatic heterocycles. The van der Waals surface area contributed by atoms with Crippen LogP contribution >= 0.6 is 0 Å². The fourth-order valence-electron chi connectivity index (χ4n) is 3.28. The van der Waals surface area contributed by atoms with Gasteiger partial charge in [0.15, 0.2) is 11.5 Å². The standard InChI is InChI=1S/C22H24N2O6/c1-13-19(21(25)30-12-14-8-6-5-7-9-14)20(24-22(26)23-13)15-10-17(28-3)18(29-4)11-16(15)27-2/h5-11,20H,12H2,1-4H3,(H2,23,24,26). The number of allylic oxidation sites excluding steroid dienone is 1. The lowest BCUT2D eigenvalue weighted by molar-refractivity contribution is -0.140. The summed E-state index contributed by atoms with van der Waals surface area (Å²) in [5, 5.41) is 5.40. The van der Waals surface area contributed by atoms with Crippen LogP contribution in [-0.4, -0.2) is 33.3 Å². The molecule has 1 aliphatic heterocycles. The summed E-state index contributed by atoms with van der Waals surface area (Å²) in [7, 11) is 4.52. The molecule has 0 fully saturated rings. The van der Waals surface area contributed by atoms with Gasteiger partial charge in [-0.15, -0.1) is 0 Å². The van der Waals surface area contributed by atoms with E-state index in [2.05, 4.69) is 10.6 Å². The van der Waals surface area contributed by atoms with Crippen LogP contribution in [0.2, 0.25) is 0 Å². The van der Waals surface area contributed by atoms with Crippen LogP contribution in [0.5, 0.6) is 17.2 Å². The predicted molar refractivity (Wildman–Crippen MR) is 109 cm³/mol. The number of hydrogen-bond donors (Lipinski definition) is 2. The van der Waals surface area contributed by atoms with Crippen LogP contribution in [0.15, 0.2) is 53.7 Å². The monoisotopic (exact) mass is 412 g/mol. The molecular formula is C22H24N2O6. The Morgan fingerprint density at radius 3 is 2.23 bits per heavy atom. The summed E-state index contributed by atoms with van der Waals surface area (Å²) in [6.45, 7) is 1.76.